The van der Waals surface area contributed by atoms with Gasteiger partial charge in [0.1, 0.15) is 24.4 Å². The minimum Gasteiger partial charge on any atom is -0.406 e. The first-order valence-corrected chi connectivity index (χ1v) is 13.5. The highest BCUT2D eigenvalue weighted by atomic mass is 28.4. The summed E-state index contributed by atoms with van der Waals surface area (Å²) in [5.74, 6) is 0. The van der Waals surface area contributed by atoms with Crippen LogP contribution >= 0.6 is 0 Å². The first-order valence-electron chi connectivity index (χ1n) is 10.6. The van der Waals surface area contributed by atoms with Gasteiger partial charge in [0, 0.05) is 12.7 Å². The van der Waals surface area contributed by atoms with Crippen molar-refractivity contribution in [2.24, 2.45) is 0 Å². The topological polar surface area (TPSA) is 55.4 Å². The van der Waals surface area contributed by atoms with Crippen molar-refractivity contribution in [2.45, 2.75) is 75.9 Å². The average Bonchev–Trinajstić information content (AvgIpc) is 2.71. The lowest BCUT2D eigenvalue weighted by Gasteiger charge is -2.51. The van der Waals surface area contributed by atoms with Crippen LogP contribution in [0.5, 0.6) is 0 Å². The molecule has 0 saturated carbocycles. The molecule has 6 nitrogen and oxygen atoms in total. The Bertz CT molecular complexity index is 689. The Morgan fingerprint density at radius 2 is 1.83 bits per heavy atom. The minimum absolute atomic E-state index is 0.0359. The standard InChI is InChI=1S/C23H36O6Si/c1-8-14-25-22-20(29-30(6,7)23(2,3)4)19(24-5)18-17(27-22)15-26-21(28-18)16-12-10-9-11-13-16/h8-13,17-22H,1,14-15H2,2-7H3/t17-,18-,19-,20+,21-,22-/m1/s1. The molecule has 0 bridgehead atoms. The van der Waals surface area contributed by atoms with Crippen LogP contribution in [0.3, 0.4) is 0 Å². The fourth-order valence-electron chi connectivity index (χ4n) is 3.53. The van der Waals surface area contributed by atoms with Gasteiger partial charge in [-0.05, 0) is 18.1 Å². The molecule has 2 aliphatic rings. The Labute approximate surface area is 181 Å². The summed E-state index contributed by atoms with van der Waals surface area (Å²) in [6.45, 7) is 15.6. The first-order chi connectivity index (χ1) is 14.2. The first kappa shape index (κ1) is 23.6. The van der Waals surface area contributed by atoms with E-state index < -0.39 is 27.0 Å². The summed E-state index contributed by atoms with van der Waals surface area (Å²) < 4.78 is 37.3. The average molecular weight is 437 g/mol. The Hall–Kier alpha value is -1.06. The van der Waals surface area contributed by atoms with E-state index in [9.17, 15) is 0 Å². The molecule has 1 aromatic rings. The molecular formula is C23H36O6Si. The maximum absolute atomic E-state index is 6.76. The van der Waals surface area contributed by atoms with Gasteiger partial charge in [0.05, 0.1) is 13.2 Å². The zero-order chi connectivity index (χ0) is 21.9. The van der Waals surface area contributed by atoms with Gasteiger partial charge in [-0.1, -0.05) is 57.2 Å². The Morgan fingerprint density at radius 1 is 1.13 bits per heavy atom. The van der Waals surface area contributed by atoms with Crippen molar-refractivity contribution in [3.8, 4) is 0 Å². The van der Waals surface area contributed by atoms with Crippen LogP contribution in [-0.4, -0.2) is 59.3 Å². The normalized spacial score (nSPS) is 32.5. The van der Waals surface area contributed by atoms with Crippen molar-refractivity contribution < 1.29 is 28.1 Å². The van der Waals surface area contributed by atoms with E-state index in [1.54, 1.807) is 13.2 Å². The molecule has 0 spiro atoms. The lowest BCUT2D eigenvalue weighted by atomic mass is 9.97. The van der Waals surface area contributed by atoms with E-state index in [0.29, 0.717) is 13.2 Å². The van der Waals surface area contributed by atoms with Gasteiger partial charge in [0.2, 0.25) is 0 Å². The van der Waals surface area contributed by atoms with E-state index in [0.717, 1.165) is 5.56 Å². The molecule has 0 aromatic heterocycles. The fourth-order valence-corrected chi connectivity index (χ4v) is 4.81. The SMILES string of the molecule is C=CCO[C@@H]1O[C@@H]2CO[C@@H](c3ccccc3)O[C@H]2[C@@H](OC)[C@@H]1O[Si](C)(C)C(C)(C)C. The Morgan fingerprint density at radius 3 is 2.43 bits per heavy atom. The molecule has 2 saturated heterocycles. The van der Waals surface area contributed by atoms with Crippen LogP contribution in [0.4, 0.5) is 0 Å². The molecular weight excluding hydrogens is 400 g/mol. The Balaban J connectivity index is 1.85. The van der Waals surface area contributed by atoms with Crippen LogP contribution in [-0.2, 0) is 28.1 Å². The molecule has 3 rings (SSSR count). The van der Waals surface area contributed by atoms with Gasteiger partial charge in [0.25, 0.3) is 0 Å². The summed E-state index contributed by atoms with van der Waals surface area (Å²) >= 11 is 0. The van der Waals surface area contributed by atoms with Crippen LogP contribution < -0.4 is 0 Å². The summed E-state index contributed by atoms with van der Waals surface area (Å²) in [5, 5.41) is 0.0359. The highest BCUT2D eigenvalue weighted by Crippen LogP contribution is 2.42. The summed E-state index contributed by atoms with van der Waals surface area (Å²) in [5.41, 5.74) is 0.970. The number of rotatable bonds is 7. The second-order valence-corrected chi connectivity index (χ2v) is 14.1. The number of hydrogen-bond donors (Lipinski definition) is 0. The zero-order valence-corrected chi connectivity index (χ0v) is 20.0. The predicted octanol–water partition coefficient (Wildman–Crippen LogP) is 4.43. The number of ether oxygens (including phenoxy) is 5. The van der Waals surface area contributed by atoms with Crippen LogP contribution in [0, 0.1) is 0 Å². The van der Waals surface area contributed by atoms with E-state index in [4.69, 9.17) is 28.1 Å². The number of hydrogen-bond acceptors (Lipinski definition) is 6. The summed E-state index contributed by atoms with van der Waals surface area (Å²) in [6.07, 6.45) is -0.720. The smallest absolute Gasteiger partial charge is 0.192 e. The van der Waals surface area contributed by atoms with E-state index >= 15 is 0 Å². The quantitative estimate of drug-likeness (QED) is 0.465. The lowest BCUT2D eigenvalue weighted by Crippen LogP contribution is -2.65. The van der Waals surface area contributed by atoms with Gasteiger partial charge in [0.15, 0.2) is 20.9 Å². The maximum atomic E-state index is 6.76. The molecule has 7 heteroatoms. The molecule has 2 aliphatic heterocycles. The molecule has 0 unspecified atom stereocenters. The minimum atomic E-state index is -2.12. The van der Waals surface area contributed by atoms with Gasteiger partial charge in [-0.2, -0.15) is 0 Å². The van der Waals surface area contributed by atoms with Gasteiger partial charge < -0.3 is 28.1 Å². The van der Waals surface area contributed by atoms with Gasteiger partial charge >= 0.3 is 0 Å². The summed E-state index contributed by atoms with van der Waals surface area (Å²) in [6, 6.07) is 9.91. The third-order valence-corrected chi connectivity index (χ3v) is 10.7. The van der Waals surface area contributed by atoms with Crippen LogP contribution in [0.2, 0.25) is 18.1 Å². The molecule has 2 fully saturated rings. The third kappa shape index (κ3) is 5.04. The zero-order valence-electron chi connectivity index (χ0n) is 19.0. The maximum Gasteiger partial charge on any atom is 0.192 e. The van der Waals surface area contributed by atoms with Crippen LogP contribution in [0.15, 0.2) is 43.0 Å². The van der Waals surface area contributed by atoms with Crippen molar-refractivity contribution in [3.05, 3.63) is 48.6 Å². The molecule has 0 radical (unpaired) electrons. The van der Waals surface area contributed by atoms with Crippen molar-refractivity contribution in [1.82, 2.24) is 0 Å². The molecule has 0 N–H and O–H groups in total. The van der Waals surface area contributed by atoms with Gasteiger partial charge in [-0.15, -0.1) is 6.58 Å². The fraction of sp³-hybridized carbons (Fsp3) is 0.652. The van der Waals surface area contributed by atoms with Crippen LogP contribution in [0.1, 0.15) is 32.6 Å². The predicted molar refractivity (Wildman–Crippen MR) is 118 cm³/mol. The molecule has 0 aliphatic carbocycles. The largest absolute Gasteiger partial charge is 0.406 e. The molecule has 1 aromatic carbocycles. The molecule has 168 valence electrons. The van der Waals surface area contributed by atoms with Crippen molar-refractivity contribution in [2.75, 3.05) is 20.3 Å². The molecule has 6 atom stereocenters. The van der Waals surface area contributed by atoms with Crippen molar-refractivity contribution in [3.63, 3.8) is 0 Å². The number of benzene rings is 1. The van der Waals surface area contributed by atoms with E-state index in [1.807, 2.05) is 30.3 Å². The monoisotopic (exact) mass is 436 g/mol. The summed E-state index contributed by atoms with van der Waals surface area (Å²) in [7, 11) is -0.431. The summed E-state index contributed by atoms with van der Waals surface area (Å²) in [4.78, 5) is 0. The molecule has 0 amide bonds. The molecule has 2 heterocycles. The second-order valence-electron chi connectivity index (χ2n) is 9.38. The van der Waals surface area contributed by atoms with Crippen molar-refractivity contribution in [1.29, 1.82) is 0 Å². The van der Waals surface area contributed by atoms with E-state index in [2.05, 4.69) is 40.4 Å². The second kappa shape index (κ2) is 9.61. The highest BCUT2D eigenvalue weighted by molar-refractivity contribution is 6.74. The Kier molecular flexibility index (Phi) is 7.56. The van der Waals surface area contributed by atoms with Crippen LogP contribution in [0.25, 0.3) is 0 Å². The van der Waals surface area contributed by atoms with E-state index in [1.165, 1.54) is 0 Å². The van der Waals surface area contributed by atoms with Gasteiger partial charge in [-0.3, -0.25) is 0 Å². The third-order valence-electron chi connectivity index (χ3n) is 6.24. The van der Waals surface area contributed by atoms with Gasteiger partial charge in [-0.25, -0.2) is 0 Å². The van der Waals surface area contributed by atoms with E-state index in [-0.39, 0.29) is 23.4 Å². The number of methoxy groups -OCH3 is 1. The lowest BCUT2D eigenvalue weighted by molar-refractivity contribution is -0.360. The van der Waals surface area contributed by atoms with Crippen molar-refractivity contribution >= 4 is 8.32 Å². The number of fused-ring (bicyclic) bond motifs is 1. The molecule has 30 heavy (non-hydrogen) atoms. The highest BCUT2D eigenvalue weighted by Gasteiger charge is 2.54.